The Balaban J connectivity index is 2.63. The fourth-order valence-corrected chi connectivity index (χ4v) is 1.48. The third kappa shape index (κ3) is 5.23. The Labute approximate surface area is 111 Å². The molecule has 1 aromatic rings. The minimum absolute atomic E-state index is 0.0746. The van der Waals surface area contributed by atoms with Gasteiger partial charge in [0.05, 0.1) is 5.92 Å². The summed E-state index contributed by atoms with van der Waals surface area (Å²) in [5.41, 5.74) is 6.11. The van der Waals surface area contributed by atoms with Gasteiger partial charge in [0, 0.05) is 12.0 Å². The van der Waals surface area contributed by atoms with Crippen molar-refractivity contribution < 1.29 is 19.8 Å². The van der Waals surface area contributed by atoms with Gasteiger partial charge in [0.1, 0.15) is 6.04 Å². The van der Waals surface area contributed by atoms with Crippen molar-refractivity contribution in [2.45, 2.75) is 18.9 Å². The number of carbonyl (C=O) groups is 2. The van der Waals surface area contributed by atoms with Gasteiger partial charge in [-0.25, -0.2) is 0 Å². The van der Waals surface area contributed by atoms with Crippen LogP contribution >= 0.6 is 0 Å². The number of nitrogens with two attached hydrogens (primary N) is 1. The maximum absolute atomic E-state index is 11.0. The highest BCUT2D eigenvalue weighted by Crippen LogP contribution is 2.11. The van der Waals surface area contributed by atoms with Crippen molar-refractivity contribution >= 4 is 11.9 Å². The molecule has 4 N–H and O–H groups in total. The number of carboxylic acid groups (broad SMARTS) is 2. The van der Waals surface area contributed by atoms with Crippen LogP contribution in [-0.4, -0.2) is 28.2 Å². The van der Waals surface area contributed by atoms with Crippen molar-refractivity contribution in [1.82, 2.24) is 0 Å². The van der Waals surface area contributed by atoms with Crippen LogP contribution in [0, 0.1) is 17.8 Å². The summed E-state index contributed by atoms with van der Waals surface area (Å²) in [6.45, 7) is 0. The zero-order chi connectivity index (χ0) is 14.3. The van der Waals surface area contributed by atoms with E-state index >= 15 is 0 Å². The highest BCUT2D eigenvalue weighted by molar-refractivity contribution is 5.76. The largest absolute Gasteiger partial charge is 0.481 e. The van der Waals surface area contributed by atoms with E-state index in [4.69, 9.17) is 15.9 Å². The first-order valence-corrected chi connectivity index (χ1v) is 5.76. The maximum Gasteiger partial charge on any atom is 0.320 e. The monoisotopic (exact) mass is 261 g/mol. The van der Waals surface area contributed by atoms with E-state index in [2.05, 4.69) is 11.8 Å². The fraction of sp³-hybridized carbons (Fsp3) is 0.286. The quantitative estimate of drug-likeness (QED) is 0.684. The van der Waals surface area contributed by atoms with E-state index in [0.29, 0.717) is 0 Å². The molecule has 0 aromatic heterocycles. The average Bonchev–Trinajstić information content (AvgIpc) is 2.38. The van der Waals surface area contributed by atoms with E-state index in [-0.39, 0.29) is 12.8 Å². The second-order valence-electron chi connectivity index (χ2n) is 4.09. The molecule has 0 aliphatic heterocycles. The molecule has 0 radical (unpaired) electrons. The number of benzene rings is 1. The molecule has 19 heavy (non-hydrogen) atoms. The van der Waals surface area contributed by atoms with Gasteiger partial charge in [-0.1, -0.05) is 30.0 Å². The lowest BCUT2D eigenvalue weighted by molar-refractivity contribution is -0.143. The molecule has 5 heteroatoms. The second kappa shape index (κ2) is 7.19. The predicted octanol–water partition coefficient (Wildman–Crippen LogP) is 0.931. The molecule has 0 aliphatic rings. The first-order chi connectivity index (χ1) is 9.00. The Hall–Kier alpha value is -2.32. The normalized spacial score (nSPS) is 12.9. The molecule has 0 fully saturated rings. The van der Waals surface area contributed by atoms with Crippen LogP contribution in [0.25, 0.3) is 0 Å². The summed E-state index contributed by atoms with van der Waals surface area (Å²) in [5.74, 6) is 2.42. The van der Waals surface area contributed by atoms with Gasteiger partial charge in [0.25, 0.3) is 0 Å². The van der Waals surface area contributed by atoms with Gasteiger partial charge in [-0.05, 0) is 18.6 Å². The topological polar surface area (TPSA) is 101 Å². The number of carboxylic acids is 2. The summed E-state index contributed by atoms with van der Waals surface area (Å²) in [6.07, 6.45) is -0.0562. The number of hydrogen-bond acceptors (Lipinski definition) is 3. The maximum atomic E-state index is 11.0. The molecular formula is C14H15NO4. The average molecular weight is 261 g/mol. The first kappa shape index (κ1) is 14.7. The van der Waals surface area contributed by atoms with E-state index < -0.39 is 23.9 Å². The van der Waals surface area contributed by atoms with Crippen LogP contribution < -0.4 is 5.73 Å². The number of aliphatic carboxylic acids is 2. The van der Waals surface area contributed by atoms with Gasteiger partial charge in [-0.15, -0.1) is 0 Å². The van der Waals surface area contributed by atoms with Crippen LogP contribution in [0.3, 0.4) is 0 Å². The van der Waals surface area contributed by atoms with E-state index in [1.807, 2.05) is 30.3 Å². The van der Waals surface area contributed by atoms with Crippen molar-refractivity contribution in [1.29, 1.82) is 0 Å². The van der Waals surface area contributed by atoms with E-state index in [1.165, 1.54) is 0 Å². The summed E-state index contributed by atoms with van der Waals surface area (Å²) in [7, 11) is 0. The summed E-state index contributed by atoms with van der Waals surface area (Å²) < 4.78 is 0. The van der Waals surface area contributed by atoms with Gasteiger partial charge >= 0.3 is 11.9 Å². The highest BCUT2D eigenvalue weighted by atomic mass is 16.4. The Morgan fingerprint density at radius 2 is 1.79 bits per heavy atom. The van der Waals surface area contributed by atoms with E-state index in [1.54, 1.807) is 0 Å². The predicted molar refractivity (Wildman–Crippen MR) is 69.3 cm³/mol. The smallest absolute Gasteiger partial charge is 0.320 e. The Morgan fingerprint density at radius 3 is 2.32 bits per heavy atom. The lowest BCUT2D eigenvalue weighted by Crippen LogP contribution is -2.34. The summed E-state index contributed by atoms with van der Waals surface area (Å²) >= 11 is 0. The van der Waals surface area contributed by atoms with Crippen LogP contribution in [-0.2, 0) is 9.59 Å². The number of hydrogen-bond donors (Lipinski definition) is 3. The zero-order valence-corrected chi connectivity index (χ0v) is 10.2. The molecule has 0 heterocycles. The van der Waals surface area contributed by atoms with Gasteiger partial charge < -0.3 is 15.9 Å². The van der Waals surface area contributed by atoms with Crippen molar-refractivity contribution in [2.24, 2.45) is 11.7 Å². The van der Waals surface area contributed by atoms with Crippen molar-refractivity contribution in [3.05, 3.63) is 35.9 Å². The van der Waals surface area contributed by atoms with Gasteiger partial charge in [-0.3, -0.25) is 9.59 Å². The zero-order valence-electron chi connectivity index (χ0n) is 10.2. The highest BCUT2D eigenvalue weighted by Gasteiger charge is 2.23. The molecule has 100 valence electrons. The van der Waals surface area contributed by atoms with Crippen LogP contribution in [0.4, 0.5) is 0 Å². The second-order valence-corrected chi connectivity index (χ2v) is 4.09. The summed E-state index contributed by atoms with van der Waals surface area (Å²) in [4.78, 5) is 21.6. The standard InChI is InChI=1S/C14H15NO4/c15-12(14(18)19)9-11(13(16)17)8-4-7-10-5-2-1-3-6-10/h1-3,5-6,11-12H,8-9,15H2,(H,16,17)(H,18,19)/t11?,12-/m0/s1. The minimum Gasteiger partial charge on any atom is -0.481 e. The molecular weight excluding hydrogens is 246 g/mol. The summed E-state index contributed by atoms with van der Waals surface area (Å²) in [5, 5.41) is 17.6. The Morgan fingerprint density at radius 1 is 1.16 bits per heavy atom. The Bertz CT molecular complexity index is 501. The van der Waals surface area contributed by atoms with Crippen LogP contribution in [0.5, 0.6) is 0 Å². The number of rotatable bonds is 5. The summed E-state index contributed by atoms with van der Waals surface area (Å²) in [6, 6.07) is 7.96. The fourth-order valence-electron chi connectivity index (χ4n) is 1.48. The lowest BCUT2D eigenvalue weighted by Gasteiger charge is -2.11. The lowest BCUT2D eigenvalue weighted by atomic mass is 9.97. The molecule has 1 aromatic carbocycles. The van der Waals surface area contributed by atoms with Gasteiger partial charge in [-0.2, -0.15) is 0 Å². The first-order valence-electron chi connectivity index (χ1n) is 5.76. The van der Waals surface area contributed by atoms with Crippen LogP contribution in [0.1, 0.15) is 18.4 Å². The molecule has 1 rings (SSSR count). The Kier molecular flexibility index (Phi) is 5.58. The minimum atomic E-state index is -1.21. The van der Waals surface area contributed by atoms with Crippen LogP contribution in [0.2, 0.25) is 0 Å². The molecule has 5 nitrogen and oxygen atoms in total. The molecule has 0 saturated heterocycles. The van der Waals surface area contributed by atoms with Crippen molar-refractivity contribution in [3.63, 3.8) is 0 Å². The van der Waals surface area contributed by atoms with E-state index in [0.717, 1.165) is 5.56 Å². The van der Waals surface area contributed by atoms with Crippen molar-refractivity contribution in [2.75, 3.05) is 0 Å². The van der Waals surface area contributed by atoms with Crippen molar-refractivity contribution in [3.8, 4) is 11.8 Å². The molecule has 0 amide bonds. The van der Waals surface area contributed by atoms with Gasteiger partial charge in [0.2, 0.25) is 0 Å². The molecule has 0 spiro atoms. The molecule has 2 atom stereocenters. The molecule has 0 saturated carbocycles. The molecule has 0 aliphatic carbocycles. The molecule has 1 unspecified atom stereocenters. The molecule has 0 bridgehead atoms. The van der Waals surface area contributed by atoms with Crippen LogP contribution in [0.15, 0.2) is 30.3 Å². The third-order valence-corrected chi connectivity index (χ3v) is 2.56. The SMILES string of the molecule is N[C@@H](CC(CC#Cc1ccccc1)C(=O)O)C(=O)O. The van der Waals surface area contributed by atoms with Gasteiger partial charge in [0.15, 0.2) is 0 Å². The van der Waals surface area contributed by atoms with E-state index in [9.17, 15) is 9.59 Å². The third-order valence-electron chi connectivity index (χ3n) is 2.56.